The monoisotopic (exact) mass is 152 g/mol. The average molecular weight is 152 g/mol. The summed E-state index contributed by atoms with van der Waals surface area (Å²) in [7, 11) is 0. The molecule has 0 saturated carbocycles. The molecule has 0 spiro atoms. The van der Waals surface area contributed by atoms with Gasteiger partial charge < -0.3 is 0 Å². The van der Waals surface area contributed by atoms with E-state index < -0.39 is 0 Å². The fourth-order valence-electron chi connectivity index (χ4n) is 0.990. The zero-order chi connectivity index (χ0) is 8.69. The van der Waals surface area contributed by atoms with Crippen LogP contribution >= 0.6 is 0 Å². The van der Waals surface area contributed by atoms with Crippen LogP contribution in [0.1, 0.15) is 46.5 Å². The summed E-state index contributed by atoms with van der Waals surface area (Å²) in [5.41, 5.74) is 2.65. The molecule has 0 amide bonds. The molecule has 0 aliphatic rings. The molecule has 0 aromatic rings. The van der Waals surface area contributed by atoms with Crippen molar-refractivity contribution in [3.63, 3.8) is 0 Å². The molecule has 0 rings (SSSR count). The number of unbranched alkanes of at least 4 members (excludes halogenated alkanes) is 2. The Kier molecular flexibility index (Phi) is 5.91. The van der Waals surface area contributed by atoms with E-state index in [1.54, 1.807) is 0 Å². The fraction of sp³-hybridized carbons (Fsp3) is 0.636. The van der Waals surface area contributed by atoms with E-state index in [4.69, 9.17) is 0 Å². The highest BCUT2D eigenvalue weighted by Crippen LogP contribution is 2.14. The first kappa shape index (κ1) is 10.5. The van der Waals surface area contributed by atoms with Crippen LogP contribution in [0.15, 0.2) is 23.8 Å². The second-order valence-electron chi connectivity index (χ2n) is 3.03. The fourth-order valence-corrected chi connectivity index (χ4v) is 0.990. The van der Waals surface area contributed by atoms with E-state index in [0.29, 0.717) is 0 Å². The van der Waals surface area contributed by atoms with E-state index in [1.165, 1.54) is 36.8 Å². The summed E-state index contributed by atoms with van der Waals surface area (Å²) in [5.74, 6) is 0. The molecule has 0 heterocycles. The van der Waals surface area contributed by atoms with E-state index in [9.17, 15) is 0 Å². The van der Waals surface area contributed by atoms with Gasteiger partial charge in [-0.3, -0.25) is 0 Å². The van der Waals surface area contributed by atoms with E-state index in [2.05, 4.69) is 33.4 Å². The van der Waals surface area contributed by atoms with Gasteiger partial charge in [0.1, 0.15) is 0 Å². The molecule has 0 N–H and O–H groups in total. The Morgan fingerprint density at radius 1 is 1.36 bits per heavy atom. The van der Waals surface area contributed by atoms with E-state index in [-0.39, 0.29) is 0 Å². The molecule has 0 saturated heterocycles. The second kappa shape index (κ2) is 6.21. The lowest BCUT2D eigenvalue weighted by atomic mass is 10.0. The first-order chi connectivity index (χ1) is 5.22. The van der Waals surface area contributed by atoms with Crippen LogP contribution in [0.25, 0.3) is 0 Å². The zero-order valence-corrected chi connectivity index (χ0v) is 8.11. The summed E-state index contributed by atoms with van der Waals surface area (Å²) in [5, 5.41) is 0. The number of hydrogen-bond acceptors (Lipinski definition) is 0. The third-order valence-electron chi connectivity index (χ3n) is 2.07. The minimum Gasteiger partial charge on any atom is -0.0956 e. The Balaban J connectivity index is 3.53. The lowest BCUT2D eigenvalue weighted by Gasteiger charge is -2.03. The van der Waals surface area contributed by atoms with Crippen molar-refractivity contribution >= 4 is 0 Å². The van der Waals surface area contributed by atoms with Gasteiger partial charge in [-0.1, -0.05) is 43.6 Å². The molecule has 0 bridgehead atoms. The standard InChI is InChI=1S/C11H20/c1-5-7-8-9-11(4)10(3)6-2/h6H,4-5,7-9H2,1-3H3/b10-6+. The summed E-state index contributed by atoms with van der Waals surface area (Å²) in [6.07, 6.45) is 7.22. The summed E-state index contributed by atoms with van der Waals surface area (Å²) in [6, 6.07) is 0. The molecular weight excluding hydrogens is 132 g/mol. The molecular formula is C11H20. The van der Waals surface area contributed by atoms with Gasteiger partial charge in [-0.05, 0) is 26.7 Å². The van der Waals surface area contributed by atoms with Crippen molar-refractivity contribution in [2.24, 2.45) is 0 Å². The lowest BCUT2D eigenvalue weighted by molar-refractivity contribution is 0.716. The molecule has 0 unspecified atom stereocenters. The first-order valence-corrected chi connectivity index (χ1v) is 4.53. The number of hydrogen-bond donors (Lipinski definition) is 0. The third kappa shape index (κ3) is 4.83. The minimum absolute atomic E-state index is 1.17. The maximum Gasteiger partial charge on any atom is -0.0282 e. The molecule has 0 nitrogen and oxygen atoms in total. The lowest BCUT2D eigenvalue weighted by Crippen LogP contribution is -1.83. The Bertz CT molecular complexity index is 140. The molecule has 11 heavy (non-hydrogen) atoms. The van der Waals surface area contributed by atoms with Gasteiger partial charge in [0.25, 0.3) is 0 Å². The van der Waals surface area contributed by atoms with Crippen molar-refractivity contribution in [3.8, 4) is 0 Å². The maximum atomic E-state index is 4.03. The smallest absolute Gasteiger partial charge is 0.0282 e. The van der Waals surface area contributed by atoms with Gasteiger partial charge in [0.2, 0.25) is 0 Å². The summed E-state index contributed by atoms with van der Waals surface area (Å²) < 4.78 is 0. The predicted octanol–water partition coefficient (Wildman–Crippen LogP) is 4.09. The molecule has 0 aliphatic heterocycles. The quantitative estimate of drug-likeness (QED) is 0.411. The molecule has 0 heteroatoms. The Labute approximate surface area is 71.0 Å². The van der Waals surface area contributed by atoms with Gasteiger partial charge >= 0.3 is 0 Å². The van der Waals surface area contributed by atoms with Gasteiger partial charge in [0.15, 0.2) is 0 Å². The molecule has 0 aromatic carbocycles. The SMILES string of the molecule is C=C(CCCCC)/C(C)=C/C. The number of rotatable bonds is 5. The number of allylic oxidation sites excluding steroid dienone is 3. The molecule has 0 radical (unpaired) electrons. The van der Waals surface area contributed by atoms with Crippen LogP contribution in [0, 0.1) is 0 Å². The zero-order valence-electron chi connectivity index (χ0n) is 8.11. The Morgan fingerprint density at radius 2 is 2.00 bits per heavy atom. The molecule has 0 aromatic heterocycles. The van der Waals surface area contributed by atoms with Gasteiger partial charge in [-0.25, -0.2) is 0 Å². The third-order valence-corrected chi connectivity index (χ3v) is 2.07. The normalized spacial score (nSPS) is 11.7. The van der Waals surface area contributed by atoms with Crippen molar-refractivity contribution in [1.29, 1.82) is 0 Å². The van der Waals surface area contributed by atoms with Crippen molar-refractivity contribution in [2.45, 2.75) is 46.5 Å². The van der Waals surface area contributed by atoms with Crippen LogP contribution in [0.3, 0.4) is 0 Å². The Morgan fingerprint density at radius 3 is 2.45 bits per heavy atom. The summed E-state index contributed by atoms with van der Waals surface area (Å²) >= 11 is 0. The van der Waals surface area contributed by atoms with Crippen LogP contribution in [-0.2, 0) is 0 Å². The first-order valence-electron chi connectivity index (χ1n) is 4.53. The predicted molar refractivity (Wildman–Crippen MR) is 52.7 cm³/mol. The van der Waals surface area contributed by atoms with Crippen molar-refractivity contribution in [3.05, 3.63) is 23.8 Å². The van der Waals surface area contributed by atoms with E-state index in [0.717, 1.165) is 0 Å². The Hall–Kier alpha value is -0.520. The van der Waals surface area contributed by atoms with Crippen LogP contribution in [-0.4, -0.2) is 0 Å². The molecule has 0 atom stereocenters. The van der Waals surface area contributed by atoms with Crippen LogP contribution in [0.4, 0.5) is 0 Å². The highest BCUT2D eigenvalue weighted by molar-refractivity contribution is 5.24. The molecule has 0 aliphatic carbocycles. The summed E-state index contributed by atoms with van der Waals surface area (Å²) in [4.78, 5) is 0. The van der Waals surface area contributed by atoms with Gasteiger partial charge in [-0.15, -0.1) is 0 Å². The maximum absolute atomic E-state index is 4.03. The topological polar surface area (TPSA) is 0 Å². The largest absolute Gasteiger partial charge is 0.0956 e. The highest BCUT2D eigenvalue weighted by atomic mass is 14.0. The second-order valence-corrected chi connectivity index (χ2v) is 3.03. The minimum atomic E-state index is 1.17. The van der Waals surface area contributed by atoms with Crippen molar-refractivity contribution < 1.29 is 0 Å². The van der Waals surface area contributed by atoms with Crippen molar-refractivity contribution in [2.75, 3.05) is 0 Å². The van der Waals surface area contributed by atoms with Gasteiger partial charge in [-0.2, -0.15) is 0 Å². The van der Waals surface area contributed by atoms with Crippen LogP contribution < -0.4 is 0 Å². The molecule has 0 fully saturated rings. The van der Waals surface area contributed by atoms with E-state index >= 15 is 0 Å². The summed E-state index contributed by atoms with van der Waals surface area (Å²) in [6.45, 7) is 10.5. The molecule has 64 valence electrons. The highest BCUT2D eigenvalue weighted by Gasteiger charge is 1.94. The van der Waals surface area contributed by atoms with Crippen LogP contribution in [0.5, 0.6) is 0 Å². The van der Waals surface area contributed by atoms with Gasteiger partial charge in [0, 0.05) is 0 Å². The van der Waals surface area contributed by atoms with Crippen LogP contribution in [0.2, 0.25) is 0 Å². The van der Waals surface area contributed by atoms with Gasteiger partial charge in [0.05, 0.1) is 0 Å². The average Bonchev–Trinajstić information content (AvgIpc) is 2.03. The van der Waals surface area contributed by atoms with E-state index in [1.807, 2.05) is 0 Å². The van der Waals surface area contributed by atoms with Crippen molar-refractivity contribution in [1.82, 2.24) is 0 Å².